The summed E-state index contributed by atoms with van der Waals surface area (Å²) in [6, 6.07) is 6.01. The van der Waals surface area contributed by atoms with Gasteiger partial charge in [-0.15, -0.1) is 0 Å². The van der Waals surface area contributed by atoms with Crippen molar-refractivity contribution in [1.29, 1.82) is 5.26 Å². The number of hydrogen-bond acceptors (Lipinski definition) is 5. The molecule has 0 atom stereocenters. The van der Waals surface area contributed by atoms with Crippen LogP contribution in [0, 0.1) is 17.1 Å². The highest BCUT2D eigenvalue weighted by atomic mass is 32.2. The van der Waals surface area contributed by atoms with Gasteiger partial charge in [0.1, 0.15) is 11.9 Å². The van der Waals surface area contributed by atoms with Crippen LogP contribution in [0.15, 0.2) is 38.7 Å². The van der Waals surface area contributed by atoms with Crippen molar-refractivity contribution >= 4 is 9.84 Å². The van der Waals surface area contributed by atoms with Crippen LogP contribution in [0.5, 0.6) is 0 Å². The second-order valence-corrected chi connectivity index (χ2v) is 7.32. The summed E-state index contributed by atoms with van der Waals surface area (Å²) in [5, 5.41) is 8.54. The van der Waals surface area contributed by atoms with E-state index in [0.29, 0.717) is 0 Å². The minimum absolute atomic E-state index is 0.153. The smallest absolute Gasteiger partial charge is 0.261 e. The molecular weight excluding hydrogens is 295 g/mol. The zero-order valence-electron chi connectivity index (χ0n) is 11.7. The first-order chi connectivity index (χ1) is 9.66. The van der Waals surface area contributed by atoms with Gasteiger partial charge in [-0.05, 0) is 24.3 Å². The first kappa shape index (κ1) is 15.2. The molecule has 7 heteroatoms. The zero-order chi connectivity index (χ0) is 15.8. The van der Waals surface area contributed by atoms with Crippen molar-refractivity contribution in [3.05, 3.63) is 41.7 Å². The van der Waals surface area contributed by atoms with Crippen LogP contribution < -0.4 is 0 Å². The topological polar surface area (TPSA) is 84.0 Å². The average Bonchev–Trinajstić information content (AvgIpc) is 2.84. The van der Waals surface area contributed by atoms with Gasteiger partial charge in [-0.1, -0.05) is 20.8 Å². The maximum absolute atomic E-state index is 12.9. The molecule has 0 saturated carbocycles. The zero-order valence-corrected chi connectivity index (χ0v) is 12.5. The molecule has 1 aromatic carbocycles. The second-order valence-electron chi connectivity index (χ2n) is 5.47. The maximum Gasteiger partial charge on any atom is 0.261 e. The molecule has 0 aliphatic rings. The summed E-state index contributed by atoms with van der Waals surface area (Å²) in [6.45, 7) is 5.36. The van der Waals surface area contributed by atoms with Crippen molar-refractivity contribution in [1.82, 2.24) is 4.98 Å². The van der Waals surface area contributed by atoms with Crippen LogP contribution in [0.25, 0.3) is 0 Å². The number of oxazole rings is 1. The Morgan fingerprint density at radius 2 is 1.81 bits per heavy atom. The molecule has 0 radical (unpaired) electrons. The van der Waals surface area contributed by atoms with Crippen LogP contribution in [-0.2, 0) is 15.3 Å². The van der Waals surface area contributed by atoms with E-state index in [-0.39, 0.29) is 16.5 Å². The van der Waals surface area contributed by atoms with Gasteiger partial charge in [-0.25, -0.2) is 17.8 Å². The van der Waals surface area contributed by atoms with Gasteiger partial charge in [0.2, 0.25) is 15.7 Å². The van der Waals surface area contributed by atoms with Gasteiger partial charge in [0.15, 0.2) is 5.69 Å². The molecule has 2 rings (SSSR count). The fourth-order valence-corrected chi connectivity index (χ4v) is 2.84. The van der Waals surface area contributed by atoms with Gasteiger partial charge in [0.05, 0.1) is 4.90 Å². The normalized spacial score (nSPS) is 12.1. The number of aromatic nitrogens is 1. The number of halogens is 1. The molecule has 5 nitrogen and oxygen atoms in total. The number of nitrogens with zero attached hydrogens (tertiary/aromatic N) is 2. The molecule has 0 aliphatic carbocycles. The molecule has 0 spiro atoms. The first-order valence-corrected chi connectivity index (χ1v) is 7.56. The Morgan fingerprint density at radius 3 is 2.29 bits per heavy atom. The van der Waals surface area contributed by atoms with Gasteiger partial charge < -0.3 is 4.42 Å². The molecular formula is C14H13FN2O3S. The van der Waals surface area contributed by atoms with Crippen molar-refractivity contribution in [2.45, 2.75) is 36.2 Å². The highest BCUT2D eigenvalue weighted by Gasteiger charge is 2.31. The molecule has 0 aliphatic heterocycles. The fraction of sp³-hybridized carbons (Fsp3) is 0.286. The van der Waals surface area contributed by atoms with Crippen molar-refractivity contribution in [3.63, 3.8) is 0 Å². The van der Waals surface area contributed by atoms with E-state index in [9.17, 15) is 12.8 Å². The Bertz CT molecular complexity index is 809. The Balaban J connectivity index is 2.63. The lowest BCUT2D eigenvalue weighted by Crippen LogP contribution is -2.11. The lowest BCUT2D eigenvalue weighted by Gasteiger charge is -2.11. The van der Waals surface area contributed by atoms with Crippen LogP contribution >= 0.6 is 0 Å². The molecule has 1 aromatic heterocycles. The summed E-state index contributed by atoms with van der Waals surface area (Å²) in [5.41, 5.74) is -0.841. The highest BCUT2D eigenvalue weighted by Crippen LogP contribution is 2.29. The Kier molecular flexibility index (Phi) is 3.59. The summed E-state index contributed by atoms with van der Waals surface area (Å²) in [4.78, 5) is 3.77. The number of benzene rings is 1. The van der Waals surface area contributed by atoms with E-state index in [2.05, 4.69) is 4.98 Å². The molecule has 2 aromatic rings. The number of nitriles is 1. The average molecular weight is 308 g/mol. The Morgan fingerprint density at radius 1 is 1.24 bits per heavy atom. The second kappa shape index (κ2) is 4.97. The van der Waals surface area contributed by atoms with Gasteiger partial charge in [-0.2, -0.15) is 5.26 Å². The highest BCUT2D eigenvalue weighted by molar-refractivity contribution is 7.91. The predicted molar refractivity (Wildman–Crippen MR) is 71.8 cm³/mol. The summed E-state index contributed by atoms with van der Waals surface area (Å²) in [5.74, 6) is -0.401. The van der Waals surface area contributed by atoms with E-state index in [0.717, 1.165) is 24.3 Å². The third kappa shape index (κ3) is 2.81. The van der Waals surface area contributed by atoms with Gasteiger partial charge in [0, 0.05) is 5.41 Å². The van der Waals surface area contributed by atoms with E-state index in [1.54, 1.807) is 26.8 Å². The summed E-state index contributed by atoms with van der Waals surface area (Å²) in [6.07, 6.45) is 0. The standard InChI is InChI=1S/C14H13FN2O3S/c1-14(2,3)13-17-11(8-16)12(20-13)21(18,19)10-6-4-9(15)5-7-10/h4-7H,1-3H3. The minimum Gasteiger partial charge on any atom is -0.427 e. The van der Waals surface area contributed by atoms with Crippen molar-refractivity contribution in [3.8, 4) is 6.07 Å². The van der Waals surface area contributed by atoms with Crippen LogP contribution in [-0.4, -0.2) is 13.4 Å². The maximum atomic E-state index is 12.9. The molecule has 0 N–H and O–H groups in total. The van der Waals surface area contributed by atoms with E-state index >= 15 is 0 Å². The van der Waals surface area contributed by atoms with E-state index in [1.165, 1.54) is 0 Å². The lowest BCUT2D eigenvalue weighted by atomic mass is 9.97. The SMILES string of the molecule is CC(C)(C)c1nc(C#N)c(S(=O)(=O)c2ccc(F)cc2)o1. The molecule has 110 valence electrons. The molecule has 0 unspecified atom stereocenters. The monoisotopic (exact) mass is 308 g/mol. The molecule has 1 heterocycles. The minimum atomic E-state index is -4.06. The van der Waals surface area contributed by atoms with Crippen molar-refractivity contribution in [2.75, 3.05) is 0 Å². The van der Waals surface area contributed by atoms with Crippen LogP contribution in [0.2, 0.25) is 0 Å². The van der Waals surface area contributed by atoms with E-state index in [1.807, 2.05) is 0 Å². The lowest BCUT2D eigenvalue weighted by molar-refractivity contribution is 0.343. The molecule has 21 heavy (non-hydrogen) atoms. The summed E-state index contributed by atoms with van der Waals surface area (Å²) in [7, 11) is -4.06. The van der Waals surface area contributed by atoms with E-state index in [4.69, 9.17) is 9.68 Å². The van der Waals surface area contributed by atoms with Crippen LogP contribution in [0.3, 0.4) is 0 Å². The van der Waals surface area contributed by atoms with Crippen LogP contribution in [0.1, 0.15) is 32.4 Å². The van der Waals surface area contributed by atoms with Gasteiger partial charge in [-0.3, -0.25) is 0 Å². The number of hydrogen-bond donors (Lipinski definition) is 0. The molecule has 0 amide bonds. The predicted octanol–water partition coefficient (Wildman–Crippen LogP) is 2.82. The van der Waals surface area contributed by atoms with E-state index < -0.39 is 26.2 Å². The molecule has 0 fully saturated rings. The Labute approximate surface area is 122 Å². The first-order valence-electron chi connectivity index (χ1n) is 6.08. The molecule has 0 bridgehead atoms. The van der Waals surface area contributed by atoms with Gasteiger partial charge in [0.25, 0.3) is 5.09 Å². The molecule has 0 saturated heterocycles. The third-order valence-corrected chi connectivity index (χ3v) is 4.37. The van der Waals surface area contributed by atoms with Gasteiger partial charge >= 0.3 is 0 Å². The van der Waals surface area contributed by atoms with Crippen LogP contribution in [0.4, 0.5) is 4.39 Å². The summed E-state index contributed by atoms with van der Waals surface area (Å²) < 4.78 is 43.1. The Hall–Kier alpha value is -2.20. The van der Waals surface area contributed by atoms with Crippen molar-refractivity contribution < 1.29 is 17.2 Å². The van der Waals surface area contributed by atoms with Crippen molar-refractivity contribution in [2.24, 2.45) is 0 Å². The third-order valence-electron chi connectivity index (χ3n) is 2.71. The number of rotatable bonds is 2. The fourth-order valence-electron chi connectivity index (χ4n) is 1.60. The quantitative estimate of drug-likeness (QED) is 0.796. The number of sulfone groups is 1. The largest absolute Gasteiger partial charge is 0.427 e. The summed E-state index contributed by atoms with van der Waals surface area (Å²) >= 11 is 0.